The van der Waals surface area contributed by atoms with Crippen LogP contribution in [0.15, 0.2) is 30.3 Å². The van der Waals surface area contributed by atoms with Crippen molar-refractivity contribution in [2.45, 2.75) is 19.8 Å². The highest BCUT2D eigenvalue weighted by molar-refractivity contribution is 6.32. The molecule has 0 saturated carbocycles. The number of aryl methyl sites for hydroxylation is 2. The second-order valence-electron chi connectivity index (χ2n) is 4.32. The number of halogens is 2. The molecular weight excluding hydrogens is 297 g/mol. The molecule has 1 heterocycles. The molecule has 2 aromatic rings. The predicted octanol–water partition coefficient (Wildman–Crippen LogP) is 3.66. The summed E-state index contributed by atoms with van der Waals surface area (Å²) in [5.74, 6) is 0.170. The van der Waals surface area contributed by atoms with Crippen LogP contribution in [0.2, 0.25) is 10.4 Å². The third kappa shape index (κ3) is 4.18. The minimum Gasteiger partial charge on any atom is -0.311 e. The van der Waals surface area contributed by atoms with Gasteiger partial charge in [0.05, 0.1) is 0 Å². The first kappa shape index (κ1) is 14.8. The molecule has 4 nitrogen and oxygen atoms in total. The number of anilines is 1. The van der Waals surface area contributed by atoms with Gasteiger partial charge in [-0.2, -0.15) is 0 Å². The molecule has 0 radical (unpaired) electrons. The van der Waals surface area contributed by atoms with Crippen LogP contribution in [0.1, 0.15) is 17.5 Å². The number of hydrogen-bond donors (Lipinski definition) is 1. The van der Waals surface area contributed by atoms with Crippen molar-refractivity contribution in [2.75, 3.05) is 5.32 Å². The highest BCUT2D eigenvalue weighted by atomic mass is 35.5. The first-order valence-electron chi connectivity index (χ1n) is 6.09. The lowest BCUT2D eigenvalue weighted by atomic mass is 10.0. The monoisotopic (exact) mass is 309 g/mol. The average Bonchev–Trinajstić information content (AvgIpc) is 2.36. The molecule has 0 unspecified atom stereocenters. The number of aromatic nitrogens is 2. The molecule has 0 aliphatic heterocycles. The van der Waals surface area contributed by atoms with E-state index in [2.05, 4.69) is 15.3 Å². The van der Waals surface area contributed by atoms with E-state index in [4.69, 9.17) is 23.2 Å². The zero-order valence-corrected chi connectivity index (χ0v) is 12.4. The minimum atomic E-state index is -0.140. The standard InChI is InChI=1S/C14H13Cl2N3O/c1-9-4-2-3-5-10(9)6-7-13(20)18-12-8-11(15)17-14(16)19-12/h2-5,8H,6-7H2,1H3,(H,17,18,19,20). The van der Waals surface area contributed by atoms with E-state index in [1.165, 1.54) is 11.6 Å². The van der Waals surface area contributed by atoms with Crippen molar-refractivity contribution in [1.29, 1.82) is 0 Å². The van der Waals surface area contributed by atoms with Gasteiger partial charge in [0.15, 0.2) is 0 Å². The fraction of sp³-hybridized carbons (Fsp3) is 0.214. The molecule has 2 rings (SSSR count). The minimum absolute atomic E-state index is 0.00621. The molecule has 0 aliphatic rings. The highest BCUT2D eigenvalue weighted by Gasteiger charge is 2.07. The largest absolute Gasteiger partial charge is 0.311 e. The maximum atomic E-state index is 11.9. The Bertz CT molecular complexity index is 611. The van der Waals surface area contributed by atoms with E-state index in [9.17, 15) is 4.79 Å². The third-order valence-corrected chi connectivity index (χ3v) is 3.18. The molecule has 1 aromatic heterocycles. The molecule has 1 amide bonds. The zero-order valence-electron chi connectivity index (χ0n) is 10.9. The summed E-state index contributed by atoms with van der Waals surface area (Å²) in [7, 11) is 0. The van der Waals surface area contributed by atoms with Gasteiger partial charge in [0.25, 0.3) is 0 Å². The van der Waals surface area contributed by atoms with Crippen molar-refractivity contribution in [3.8, 4) is 0 Å². The Morgan fingerprint density at radius 1 is 1.25 bits per heavy atom. The normalized spacial score (nSPS) is 10.3. The Kier molecular flexibility index (Phi) is 4.93. The summed E-state index contributed by atoms with van der Waals surface area (Å²) in [4.78, 5) is 19.5. The second-order valence-corrected chi connectivity index (χ2v) is 5.04. The fourth-order valence-corrected chi connectivity index (χ4v) is 2.21. The maximum absolute atomic E-state index is 11.9. The number of rotatable bonds is 4. The van der Waals surface area contributed by atoms with Crippen molar-refractivity contribution in [3.05, 3.63) is 51.9 Å². The van der Waals surface area contributed by atoms with E-state index in [1.54, 1.807) is 0 Å². The van der Waals surface area contributed by atoms with Crippen LogP contribution in [0.4, 0.5) is 5.82 Å². The van der Waals surface area contributed by atoms with E-state index in [0.717, 1.165) is 5.56 Å². The smallest absolute Gasteiger partial charge is 0.225 e. The molecule has 0 saturated heterocycles. The van der Waals surface area contributed by atoms with E-state index in [-0.39, 0.29) is 16.3 Å². The quantitative estimate of drug-likeness (QED) is 0.692. The summed E-state index contributed by atoms with van der Waals surface area (Å²) in [6.07, 6.45) is 1.04. The number of carbonyl (C=O) groups is 1. The topological polar surface area (TPSA) is 54.9 Å². The number of benzene rings is 1. The molecule has 1 N–H and O–H groups in total. The fourth-order valence-electron chi connectivity index (χ4n) is 1.80. The highest BCUT2D eigenvalue weighted by Crippen LogP contribution is 2.15. The molecular formula is C14H13Cl2N3O. The average molecular weight is 310 g/mol. The summed E-state index contributed by atoms with van der Waals surface area (Å²) in [6.45, 7) is 2.03. The van der Waals surface area contributed by atoms with Crippen LogP contribution < -0.4 is 5.32 Å². The van der Waals surface area contributed by atoms with Gasteiger partial charge in [0, 0.05) is 12.5 Å². The summed E-state index contributed by atoms with van der Waals surface area (Å²) in [5.41, 5.74) is 2.33. The third-order valence-electron chi connectivity index (χ3n) is 2.82. The van der Waals surface area contributed by atoms with Gasteiger partial charge in [-0.1, -0.05) is 35.9 Å². The second kappa shape index (κ2) is 6.68. The molecule has 6 heteroatoms. The van der Waals surface area contributed by atoms with Crippen molar-refractivity contribution >= 4 is 34.9 Å². The zero-order chi connectivity index (χ0) is 14.5. The van der Waals surface area contributed by atoms with Crippen LogP contribution >= 0.6 is 23.2 Å². The lowest BCUT2D eigenvalue weighted by molar-refractivity contribution is -0.116. The van der Waals surface area contributed by atoms with Gasteiger partial charge in [0.1, 0.15) is 11.0 Å². The predicted molar refractivity (Wildman–Crippen MR) is 80.2 cm³/mol. The van der Waals surface area contributed by atoms with Gasteiger partial charge in [-0.05, 0) is 36.1 Å². The van der Waals surface area contributed by atoms with Gasteiger partial charge in [-0.15, -0.1) is 0 Å². The summed E-state index contributed by atoms with van der Waals surface area (Å²) in [6, 6.07) is 9.44. The molecule has 0 fully saturated rings. The molecule has 0 bridgehead atoms. The van der Waals surface area contributed by atoms with Crippen LogP contribution in [-0.4, -0.2) is 15.9 Å². The van der Waals surface area contributed by atoms with Crippen molar-refractivity contribution in [3.63, 3.8) is 0 Å². The van der Waals surface area contributed by atoms with E-state index in [1.807, 2.05) is 31.2 Å². The number of nitrogens with zero attached hydrogens (tertiary/aromatic N) is 2. The molecule has 20 heavy (non-hydrogen) atoms. The SMILES string of the molecule is Cc1ccccc1CCC(=O)Nc1cc(Cl)nc(Cl)n1. The maximum Gasteiger partial charge on any atom is 0.225 e. The van der Waals surface area contributed by atoms with Crippen molar-refractivity contribution in [2.24, 2.45) is 0 Å². The van der Waals surface area contributed by atoms with Crippen LogP contribution in [0, 0.1) is 6.92 Å². The molecule has 0 aliphatic carbocycles. The lowest BCUT2D eigenvalue weighted by Crippen LogP contribution is -2.14. The van der Waals surface area contributed by atoms with Gasteiger partial charge in [-0.25, -0.2) is 9.97 Å². The van der Waals surface area contributed by atoms with E-state index in [0.29, 0.717) is 18.7 Å². The van der Waals surface area contributed by atoms with Gasteiger partial charge in [-0.3, -0.25) is 4.79 Å². The first-order chi connectivity index (χ1) is 9.54. The lowest BCUT2D eigenvalue weighted by Gasteiger charge is -2.07. The van der Waals surface area contributed by atoms with Gasteiger partial charge < -0.3 is 5.32 Å². The van der Waals surface area contributed by atoms with Crippen LogP contribution in [0.25, 0.3) is 0 Å². The molecule has 104 valence electrons. The number of hydrogen-bond acceptors (Lipinski definition) is 3. The number of nitrogens with one attached hydrogen (secondary N) is 1. The van der Waals surface area contributed by atoms with Crippen molar-refractivity contribution < 1.29 is 4.79 Å². The summed E-state index contributed by atoms with van der Waals surface area (Å²) < 4.78 is 0. The van der Waals surface area contributed by atoms with Gasteiger partial charge in [0.2, 0.25) is 11.2 Å². The summed E-state index contributed by atoms with van der Waals surface area (Å²) >= 11 is 11.4. The summed E-state index contributed by atoms with van der Waals surface area (Å²) in [5, 5.41) is 2.85. The molecule has 1 aromatic carbocycles. The van der Waals surface area contributed by atoms with Crippen LogP contribution in [0.5, 0.6) is 0 Å². The Hall–Kier alpha value is -1.65. The Morgan fingerprint density at radius 3 is 2.70 bits per heavy atom. The Morgan fingerprint density at radius 2 is 2.00 bits per heavy atom. The number of amides is 1. The Labute approximate surface area is 127 Å². The van der Waals surface area contributed by atoms with Gasteiger partial charge >= 0.3 is 0 Å². The van der Waals surface area contributed by atoms with Crippen LogP contribution in [0.3, 0.4) is 0 Å². The number of carbonyl (C=O) groups excluding carboxylic acids is 1. The van der Waals surface area contributed by atoms with Crippen LogP contribution in [-0.2, 0) is 11.2 Å². The Balaban J connectivity index is 1.94. The van der Waals surface area contributed by atoms with Crippen molar-refractivity contribution in [1.82, 2.24) is 9.97 Å². The van der Waals surface area contributed by atoms with E-state index < -0.39 is 0 Å². The molecule has 0 atom stereocenters. The first-order valence-corrected chi connectivity index (χ1v) is 6.84. The molecule has 0 spiro atoms. The van der Waals surface area contributed by atoms with E-state index >= 15 is 0 Å².